The van der Waals surface area contributed by atoms with E-state index >= 15 is 0 Å². The van der Waals surface area contributed by atoms with Gasteiger partial charge < -0.3 is 23.0 Å². The van der Waals surface area contributed by atoms with E-state index in [9.17, 15) is 0 Å². The largest absolute Gasteiger partial charge is 0.494 e. The van der Waals surface area contributed by atoms with Crippen LogP contribution in [0.25, 0.3) is 66.1 Å². The molecule has 0 spiro atoms. The third-order valence-electron chi connectivity index (χ3n) is 11.3. The standard InChI is InChI=1S/C48H38BNO4/c1-47(2)48(3,4)54-49(53-47)33-24-26-39-38-25-23-32(27-43(38)51-44(39)28-33)41-29-36(50(34-17-10-6-11-18-34)35-19-12-7-13-20-35)30-42-40-22-14-21-37(45(40)52-46(41)42)31-15-8-5-9-16-31/h5-30H,1-4H3. The number of para-hydroxylation sites is 3. The van der Waals surface area contributed by atoms with Crippen LogP contribution in [0, 0.1) is 0 Å². The second-order valence-corrected chi connectivity index (χ2v) is 15.2. The van der Waals surface area contributed by atoms with Crippen molar-refractivity contribution in [2.75, 3.05) is 4.90 Å². The average molecular weight is 704 g/mol. The number of benzene rings is 7. The number of anilines is 3. The maximum absolute atomic E-state index is 6.97. The van der Waals surface area contributed by atoms with E-state index in [-0.39, 0.29) is 0 Å². The highest BCUT2D eigenvalue weighted by atomic mass is 16.7. The van der Waals surface area contributed by atoms with Crippen LogP contribution >= 0.6 is 0 Å². The summed E-state index contributed by atoms with van der Waals surface area (Å²) in [4.78, 5) is 2.31. The molecule has 0 amide bonds. The molecule has 9 aromatic rings. The fourth-order valence-electron chi connectivity index (χ4n) is 7.76. The summed E-state index contributed by atoms with van der Waals surface area (Å²) in [5.41, 5.74) is 10.7. The summed E-state index contributed by atoms with van der Waals surface area (Å²) in [6.45, 7) is 8.29. The topological polar surface area (TPSA) is 48.0 Å². The summed E-state index contributed by atoms with van der Waals surface area (Å²) in [5, 5.41) is 4.21. The molecule has 1 fully saturated rings. The third kappa shape index (κ3) is 5.25. The molecule has 0 saturated carbocycles. The van der Waals surface area contributed by atoms with E-state index in [4.69, 9.17) is 18.1 Å². The molecule has 0 radical (unpaired) electrons. The highest BCUT2D eigenvalue weighted by Crippen LogP contribution is 2.46. The molecule has 3 heterocycles. The molecule has 54 heavy (non-hydrogen) atoms. The normalized spacial score (nSPS) is 15.1. The molecule has 0 N–H and O–H groups in total. The lowest BCUT2D eigenvalue weighted by Gasteiger charge is -2.32. The Hall–Kier alpha value is -6.08. The Labute approximate surface area is 314 Å². The molecule has 0 aliphatic carbocycles. The lowest BCUT2D eigenvalue weighted by atomic mass is 9.79. The van der Waals surface area contributed by atoms with Crippen molar-refractivity contribution in [1.29, 1.82) is 0 Å². The summed E-state index contributed by atoms with van der Waals surface area (Å²) in [6.07, 6.45) is 0. The van der Waals surface area contributed by atoms with Gasteiger partial charge in [-0.2, -0.15) is 0 Å². The fourth-order valence-corrected chi connectivity index (χ4v) is 7.76. The SMILES string of the molecule is CC1(C)OB(c2ccc3c(c2)oc2cc(-c4cc(N(c5ccccc5)c5ccccc5)cc5c4oc4c(-c6ccccc6)cccc45)ccc23)OC1(C)C. The van der Waals surface area contributed by atoms with Gasteiger partial charge in [0.2, 0.25) is 0 Å². The van der Waals surface area contributed by atoms with Gasteiger partial charge in [0.15, 0.2) is 0 Å². The zero-order valence-corrected chi connectivity index (χ0v) is 30.7. The van der Waals surface area contributed by atoms with Gasteiger partial charge in [0.05, 0.1) is 11.2 Å². The summed E-state index contributed by atoms with van der Waals surface area (Å²) in [7, 11) is -0.467. The first kappa shape index (κ1) is 32.6. The Morgan fingerprint density at radius 1 is 0.426 bits per heavy atom. The maximum Gasteiger partial charge on any atom is 0.494 e. The Morgan fingerprint density at radius 2 is 1.02 bits per heavy atom. The van der Waals surface area contributed by atoms with Crippen molar-refractivity contribution in [2.45, 2.75) is 38.9 Å². The van der Waals surface area contributed by atoms with E-state index in [0.717, 1.165) is 88.7 Å². The number of hydrogen-bond donors (Lipinski definition) is 0. The number of rotatable bonds is 6. The van der Waals surface area contributed by atoms with Crippen LogP contribution in [0.5, 0.6) is 0 Å². The maximum atomic E-state index is 6.97. The molecule has 1 aliphatic rings. The molecule has 10 rings (SSSR count). The lowest BCUT2D eigenvalue weighted by molar-refractivity contribution is 0.00578. The summed E-state index contributed by atoms with van der Waals surface area (Å²) in [6, 6.07) is 55.1. The summed E-state index contributed by atoms with van der Waals surface area (Å²) in [5.74, 6) is 0. The number of fused-ring (bicyclic) bond motifs is 6. The van der Waals surface area contributed by atoms with Gasteiger partial charge in [-0.25, -0.2) is 0 Å². The monoisotopic (exact) mass is 703 g/mol. The van der Waals surface area contributed by atoms with Crippen molar-refractivity contribution in [1.82, 2.24) is 0 Å². The predicted octanol–water partition coefficient (Wildman–Crippen LogP) is 12.6. The van der Waals surface area contributed by atoms with E-state index in [0.29, 0.717) is 0 Å². The molecule has 2 aromatic heterocycles. The van der Waals surface area contributed by atoms with E-state index < -0.39 is 18.3 Å². The molecule has 7 aromatic carbocycles. The van der Waals surface area contributed by atoms with Crippen LogP contribution in [0.2, 0.25) is 0 Å². The number of nitrogens with zero attached hydrogens (tertiary/aromatic N) is 1. The van der Waals surface area contributed by atoms with Crippen LogP contribution in [0.15, 0.2) is 167 Å². The quantitative estimate of drug-likeness (QED) is 0.161. The van der Waals surface area contributed by atoms with Gasteiger partial charge in [-0.15, -0.1) is 0 Å². The van der Waals surface area contributed by atoms with Crippen molar-refractivity contribution < 1.29 is 18.1 Å². The molecule has 0 atom stereocenters. The van der Waals surface area contributed by atoms with Gasteiger partial charge in [-0.1, -0.05) is 103 Å². The Bertz CT molecular complexity index is 2790. The van der Waals surface area contributed by atoms with Crippen LogP contribution in [-0.2, 0) is 9.31 Å². The van der Waals surface area contributed by atoms with Gasteiger partial charge in [-0.3, -0.25) is 0 Å². The second kappa shape index (κ2) is 12.2. The van der Waals surface area contributed by atoms with E-state index in [2.05, 4.69) is 184 Å². The highest BCUT2D eigenvalue weighted by molar-refractivity contribution is 6.62. The van der Waals surface area contributed by atoms with Gasteiger partial charge >= 0.3 is 7.12 Å². The van der Waals surface area contributed by atoms with Crippen molar-refractivity contribution in [3.63, 3.8) is 0 Å². The summed E-state index contributed by atoms with van der Waals surface area (Å²) >= 11 is 0. The molecule has 6 heteroatoms. The minimum absolute atomic E-state index is 0.426. The summed E-state index contributed by atoms with van der Waals surface area (Å²) < 4.78 is 26.3. The molecule has 1 saturated heterocycles. The lowest BCUT2D eigenvalue weighted by Crippen LogP contribution is -2.41. The molecule has 0 unspecified atom stereocenters. The molecule has 1 aliphatic heterocycles. The van der Waals surface area contributed by atoms with Crippen LogP contribution in [0.1, 0.15) is 27.7 Å². The smallest absolute Gasteiger partial charge is 0.456 e. The first-order valence-corrected chi connectivity index (χ1v) is 18.5. The fraction of sp³-hybridized carbons (Fsp3) is 0.125. The van der Waals surface area contributed by atoms with Crippen LogP contribution in [-0.4, -0.2) is 18.3 Å². The van der Waals surface area contributed by atoms with Crippen molar-refractivity contribution in [2.24, 2.45) is 0 Å². The zero-order chi connectivity index (χ0) is 36.6. The predicted molar refractivity (Wildman–Crippen MR) is 222 cm³/mol. The van der Waals surface area contributed by atoms with Crippen molar-refractivity contribution in [3.05, 3.63) is 158 Å². The molecular weight excluding hydrogens is 665 g/mol. The Balaban J connectivity index is 1.18. The van der Waals surface area contributed by atoms with Crippen molar-refractivity contribution in [3.8, 4) is 22.3 Å². The van der Waals surface area contributed by atoms with Gasteiger partial charge in [-0.05, 0) is 98.9 Å². The Kier molecular flexibility index (Phi) is 7.38. The van der Waals surface area contributed by atoms with Crippen molar-refractivity contribution >= 4 is 73.5 Å². The van der Waals surface area contributed by atoms with Gasteiger partial charge in [0, 0.05) is 49.7 Å². The highest BCUT2D eigenvalue weighted by Gasteiger charge is 2.51. The zero-order valence-electron chi connectivity index (χ0n) is 30.7. The number of furan rings is 2. The van der Waals surface area contributed by atoms with E-state index in [1.54, 1.807) is 0 Å². The second-order valence-electron chi connectivity index (χ2n) is 15.2. The minimum atomic E-state index is -0.467. The van der Waals surface area contributed by atoms with E-state index in [1.807, 2.05) is 6.07 Å². The number of hydrogen-bond acceptors (Lipinski definition) is 5. The molecular formula is C48H38BNO4. The average Bonchev–Trinajstić information content (AvgIpc) is 3.83. The van der Waals surface area contributed by atoms with Gasteiger partial charge in [0.1, 0.15) is 22.3 Å². The first-order valence-electron chi connectivity index (χ1n) is 18.5. The molecule has 5 nitrogen and oxygen atoms in total. The molecule has 262 valence electrons. The van der Waals surface area contributed by atoms with Crippen LogP contribution < -0.4 is 10.4 Å². The minimum Gasteiger partial charge on any atom is -0.456 e. The van der Waals surface area contributed by atoms with Crippen LogP contribution in [0.4, 0.5) is 17.1 Å². The first-order chi connectivity index (χ1) is 26.2. The third-order valence-corrected chi connectivity index (χ3v) is 11.3. The Morgan fingerprint density at radius 3 is 1.69 bits per heavy atom. The molecule has 0 bridgehead atoms. The van der Waals surface area contributed by atoms with Crippen LogP contribution in [0.3, 0.4) is 0 Å². The van der Waals surface area contributed by atoms with E-state index in [1.165, 1.54) is 0 Å². The van der Waals surface area contributed by atoms with Gasteiger partial charge in [0.25, 0.3) is 0 Å².